The molecule has 1 heterocycles. The summed E-state index contributed by atoms with van der Waals surface area (Å²) in [5.74, 6) is -0.213. The SMILES string of the molecule is CC(NCc1cc(F)ccc1Br)c1cncs1. The van der Waals surface area contributed by atoms with Crippen LogP contribution in [0.5, 0.6) is 0 Å². The molecule has 1 atom stereocenters. The zero-order chi connectivity index (χ0) is 12.3. The van der Waals surface area contributed by atoms with Crippen molar-refractivity contribution in [3.8, 4) is 0 Å². The lowest BCUT2D eigenvalue weighted by atomic mass is 10.2. The Morgan fingerprint density at radius 2 is 2.35 bits per heavy atom. The van der Waals surface area contributed by atoms with Crippen molar-refractivity contribution in [3.05, 3.63) is 50.6 Å². The standard InChI is InChI=1S/C12H12BrFN2S/c1-8(12-6-15-7-17-12)16-5-9-4-10(14)2-3-11(9)13/h2-4,6-8,16H,5H2,1H3. The Hall–Kier alpha value is -0.780. The van der Waals surface area contributed by atoms with E-state index in [0.717, 1.165) is 10.0 Å². The predicted molar refractivity (Wildman–Crippen MR) is 71.5 cm³/mol. The topological polar surface area (TPSA) is 24.9 Å². The zero-order valence-corrected chi connectivity index (χ0v) is 11.7. The van der Waals surface area contributed by atoms with Crippen LogP contribution in [0.1, 0.15) is 23.4 Å². The Kier molecular flexibility index (Phi) is 4.25. The van der Waals surface area contributed by atoms with Crippen molar-refractivity contribution in [1.82, 2.24) is 10.3 Å². The molecule has 1 aromatic heterocycles. The van der Waals surface area contributed by atoms with E-state index >= 15 is 0 Å². The summed E-state index contributed by atoms with van der Waals surface area (Å²) in [4.78, 5) is 5.22. The van der Waals surface area contributed by atoms with Crippen LogP contribution in [0, 0.1) is 5.82 Å². The van der Waals surface area contributed by atoms with Gasteiger partial charge in [0.1, 0.15) is 5.82 Å². The van der Waals surface area contributed by atoms with E-state index in [1.807, 2.05) is 11.7 Å². The fourth-order valence-corrected chi connectivity index (χ4v) is 2.52. The molecule has 2 aromatic rings. The molecule has 0 fully saturated rings. The van der Waals surface area contributed by atoms with Gasteiger partial charge in [0, 0.05) is 28.1 Å². The van der Waals surface area contributed by atoms with Gasteiger partial charge in [0.05, 0.1) is 5.51 Å². The number of nitrogens with one attached hydrogen (secondary N) is 1. The molecule has 0 saturated carbocycles. The van der Waals surface area contributed by atoms with Gasteiger partial charge in [0.25, 0.3) is 0 Å². The van der Waals surface area contributed by atoms with Crippen molar-refractivity contribution in [2.45, 2.75) is 19.5 Å². The smallest absolute Gasteiger partial charge is 0.123 e. The van der Waals surface area contributed by atoms with Crippen molar-refractivity contribution in [3.63, 3.8) is 0 Å². The lowest BCUT2D eigenvalue weighted by Crippen LogP contribution is -2.17. The third-order valence-corrected chi connectivity index (χ3v) is 4.22. The van der Waals surface area contributed by atoms with Gasteiger partial charge in [0.2, 0.25) is 0 Å². The molecule has 2 nitrogen and oxygen atoms in total. The van der Waals surface area contributed by atoms with Gasteiger partial charge in [0.15, 0.2) is 0 Å². The molecule has 1 unspecified atom stereocenters. The van der Waals surface area contributed by atoms with E-state index in [0.29, 0.717) is 6.54 Å². The van der Waals surface area contributed by atoms with Gasteiger partial charge in [-0.25, -0.2) is 4.39 Å². The lowest BCUT2D eigenvalue weighted by molar-refractivity contribution is 0.574. The molecule has 0 radical (unpaired) electrons. The Morgan fingerprint density at radius 3 is 3.06 bits per heavy atom. The molecule has 90 valence electrons. The average Bonchev–Trinajstić information content (AvgIpc) is 2.83. The van der Waals surface area contributed by atoms with Crippen LogP contribution in [0.2, 0.25) is 0 Å². The van der Waals surface area contributed by atoms with Gasteiger partial charge in [-0.15, -0.1) is 11.3 Å². The first-order valence-electron chi connectivity index (χ1n) is 5.22. The molecular formula is C12H12BrFN2S. The second kappa shape index (κ2) is 5.71. The van der Waals surface area contributed by atoms with Crippen LogP contribution in [0.15, 0.2) is 34.4 Å². The summed E-state index contributed by atoms with van der Waals surface area (Å²) in [5.41, 5.74) is 2.73. The van der Waals surface area contributed by atoms with Crippen LogP contribution < -0.4 is 5.32 Å². The number of benzene rings is 1. The molecule has 0 amide bonds. The normalized spacial score (nSPS) is 12.6. The highest BCUT2D eigenvalue weighted by Gasteiger charge is 2.08. The Bertz CT molecular complexity index is 487. The molecule has 0 aliphatic heterocycles. The largest absolute Gasteiger partial charge is 0.305 e. The maximum Gasteiger partial charge on any atom is 0.123 e. The first-order valence-corrected chi connectivity index (χ1v) is 6.90. The first-order chi connectivity index (χ1) is 8.16. The van der Waals surface area contributed by atoms with Crippen LogP contribution in [0.25, 0.3) is 0 Å². The van der Waals surface area contributed by atoms with Gasteiger partial charge in [-0.05, 0) is 30.7 Å². The molecule has 5 heteroatoms. The van der Waals surface area contributed by atoms with Crippen molar-refractivity contribution in [2.75, 3.05) is 0 Å². The molecule has 0 bridgehead atoms. The van der Waals surface area contributed by atoms with Gasteiger partial charge < -0.3 is 5.32 Å². The summed E-state index contributed by atoms with van der Waals surface area (Å²) in [7, 11) is 0. The van der Waals surface area contributed by atoms with Crippen LogP contribution >= 0.6 is 27.3 Å². The molecule has 2 rings (SSSR count). The maximum atomic E-state index is 13.1. The number of hydrogen-bond acceptors (Lipinski definition) is 3. The minimum absolute atomic E-state index is 0.213. The number of rotatable bonds is 4. The van der Waals surface area contributed by atoms with E-state index in [2.05, 4.69) is 33.2 Å². The number of hydrogen-bond donors (Lipinski definition) is 1. The summed E-state index contributed by atoms with van der Waals surface area (Å²) in [6, 6.07) is 4.93. The van der Waals surface area contributed by atoms with Crippen LogP contribution in [-0.2, 0) is 6.54 Å². The molecular weight excluding hydrogens is 303 g/mol. The minimum Gasteiger partial charge on any atom is -0.305 e. The Morgan fingerprint density at radius 1 is 1.53 bits per heavy atom. The second-order valence-corrected chi connectivity index (χ2v) is 5.51. The lowest BCUT2D eigenvalue weighted by Gasteiger charge is -2.12. The number of thiazole rings is 1. The summed E-state index contributed by atoms with van der Waals surface area (Å²) in [6.07, 6.45) is 1.85. The highest BCUT2D eigenvalue weighted by molar-refractivity contribution is 9.10. The molecule has 0 aliphatic rings. The minimum atomic E-state index is -0.213. The van der Waals surface area contributed by atoms with E-state index in [4.69, 9.17) is 0 Å². The fourth-order valence-electron chi connectivity index (χ4n) is 1.48. The van der Waals surface area contributed by atoms with Gasteiger partial charge in [-0.1, -0.05) is 15.9 Å². The molecule has 17 heavy (non-hydrogen) atoms. The monoisotopic (exact) mass is 314 g/mol. The molecule has 1 N–H and O–H groups in total. The molecule has 0 saturated heterocycles. The number of aromatic nitrogens is 1. The number of halogens is 2. The van der Waals surface area contributed by atoms with Crippen LogP contribution in [0.3, 0.4) is 0 Å². The highest BCUT2D eigenvalue weighted by Crippen LogP contribution is 2.20. The van der Waals surface area contributed by atoms with Gasteiger partial charge in [-0.2, -0.15) is 0 Å². The summed E-state index contributed by atoms with van der Waals surface area (Å²) >= 11 is 5.03. The van der Waals surface area contributed by atoms with E-state index in [9.17, 15) is 4.39 Å². The maximum absolute atomic E-state index is 13.1. The van der Waals surface area contributed by atoms with Crippen molar-refractivity contribution >= 4 is 27.3 Å². The molecule has 0 aliphatic carbocycles. The number of nitrogens with zero attached hydrogens (tertiary/aromatic N) is 1. The van der Waals surface area contributed by atoms with Crippen LogP contribution in [0.4, 0.5) is 4.39 Å². The van der Waals surface area contributed by atoms with Gasteiger partial charge in [-0.3, -0.25) is 4.98 Å². The van der Waals surface area contributed by atoms with Gasteiger partial charge >= 0.3 is 0 Å². The summed E-state index contributed by atoms with van der Waals surface area (Å²) in [5, 5.41) is 3.34. The summed E-state index contributed by atoms with van der Waals surface area (Å²) < 4.78 is 14.0. The quantitative estimate of drug-likeness (QED) is 0.926. The molecule has 1 aromatic carbocycles. The Balaban J connectivity index is 2.00. The first kappa shape index (κ1) is 12.7. The molecule has 0 spiro atoms. The van der Waals surface area contributed by atoms with Crippen molar-refractivity contribution in [2.24, 2.45) is 0 Å². The van der Waals surface area contributed by atoms with Crippen LogP contribution in [-0.4, -0.2) is 4.98 Å². The van der Waals surface area contributed by atoms with Crippen molar-refractivity contribution in [1.29, 1.82) is 0 Å². The van der Waals surface area contributed by atoms with E-state index in [1.54, 1.807) is 17.4 Å². The van der Waals surface area contributed by atoms with E-state index < -0.39 is 0 Å². The zero-order valence-electron chi connectivity index (χ0n) is 9.28. The second-order valence-electron chi connectivity index (χ2n) is 3.74. The highest BCUT2D eigenvalue weighted by atomic mass is 79.9. The Labute approximate surface area is 112 Å². The third kappa shape index (κ3) is 3.34. The summed E-state index contributed by atoms with van der Waals surface area (Å²) in [6.45, 7) is 2.69. The van der Waals surface area contributed by atoms with E-state index in [1.165, 1.54) is 17.0 Å². The third-order valence-electron chi connectivity index (χ3n) is 2.48. The average molecular weight is 315 g/mol. The van der Waals surface area contributed by atoms with Crippen molar-refractivity contribution < 1.29 is 4.39 Å². The fraction of sp³-hybridized carbons (Fsp3) is 0.250. The van der Waals surface area contributed by atoms with E-state index in [-0.39, 0.29) is 11.9 Å². The predicted octanol–water partition coefficient (Wildman–Crippen LogP) is 3.90.